The fourth-order valence-corrected chi connectivity index (χ4v) is 3.69. The summed E-state index contributed by atoms with van der Waals surface area (Å²) < 4.78 is 11.8. The fourth-order valence-electron chi connectivity index (χ4n) is 2.23. The summed E-state index contributed by atoms with van der Waals surface area (Å²) in [7, 11) is 3.31. The van der Waals surface area contributed by atoms with E-state index in [0.717, 1.165) is 16.0 Å². The second-order valence-electron chi connectivity index (χ2n) is 4.89. The van der Waals surface area contributed by atoms with Crippen LogP contribution in [0.15, 0.2) is 34.1 Å². The molecule has 5 heteroatoms. The van der Waals surface area contributed by atoms with Gasteiger partial charge in [0.2, 0.25) is 0 Å². The van der Waals surface area contributed by atoms with Gasteiger partial charge in [0.15, 0.2) is 11.5 Å². The number of thiophene rings is 1. The van der Waals surface area contributed by atoms with Gasteiger partial charge in [0.05, 0.1) is 14.2 Å². The van der Waals surface area contributed by atoms with E-state index in [9.17, 15) is 0 Å². The molecular weight excluding hydrogens is 350 g/mol. The molecule has 0 saturated heterocycles. The first-order valence-corrected chi connectivity index (χ1v) is 8.44. The fraction of sp³-hybridized carbons (Fsp3) is 0.375. The van der Waals surface area contributed by atoms with Crippen LogP contribution in [0.1, 0.15) is 36.4 Å². The molecule has 2 aromatic rings. The third-order valence-corrected chi connectivity index (χ3v) is 5.30. The lowest BCUT2D eigenvalue weighted by atomic mass is 10.1. The van der Waals surface area contributed by atoms with Crippen LogP contribution in [0.25, 0.3) is 0 Å². The molecule has 1 aromatic heterocycles. The average molecular weight is 370 g/mol. The highest BCUT2D eigenvalue weighted by Gasteiger charge is 2.14. The smallest absolute Gasteiger partial charge is 0.161 e. The van der Waals surface area contributed by atoms with Crippen molar-refractivity contribution in [3.63, 3.8) is 0 Å². The van der Waals surface area contributed by atoms with Gasteiger partial charge in [-0.2, -0.15) is 0 Å². The van der Waals surface area contributed by atoms with Crippen molar-refractivity contribution in [1.29, 1.82) is 0 Å². The molecule has 0 aliphatic carbocycles. The molecule has 1 heterocycles. The molecule has 1 N–H and O–H groups in total. The maximum atomic E-state index is 5.36. The minimum absolute atomic E-state index is 0.223. The first kappa shape index (κ1) is 16.3. The predicted octanol–water partition coefficient (Wildman–Crippen LogP) is 4.94. The molecule has 21 heavy (non-hydrogen) atoms. The molecule has 1 aromatic carbocycles. The number of halogens is 1. The Morgan fingerprint density at radius 1 is 1.05 bits per heavy atom. The van der Waals surface area contributed by atoms with Crippen LogP contribution in [0.3, 0.4) is 0 Å². The maximum absolute atomic E-state index is 5.36. The van der Waals surface area contributed by atoms with Crippen molar-refractivity contribution in [2.45, 2.75) is 25.9 Å². The van der Waals surface area contributed by atoms with Gasteiger partial charge < -0.3 is 14.8 Å². The lowest BCUT2D eigenvalue weighted by molar-refractivity contribution is 0.353. The summed E-state index contributed by atoms with van der Waals surface area (Å²) in [5.41, 5.74) is 1.18. The van der Waals surface area contributed by atoms with E-state index < -0.39 is 0 Å². The van der Waals surface area contributed by atoms with Gasteiger partial charge in [-0.3, -0.25) is 0 Å². The van der Waals surface area contributed by atoms with Crippen molar-refractivity contribution in [3.8, 4) is 11.5 Å². The zero-order valence-corrected chi connectivity index (χ0v) is 15.0. The third-order valence-electron chi connectivity index (χ3n) is 3.42. The molecule has 0 fully saturated rings. The van der Waals surface area contributed by atoms with Crippen molar-refractivity contribution in [2.75, 3.05) is 14.2 Å². The Morgan fingerprint density at radius 2 is 1.76 bits per heavy atom. The Kier molecular flexibility index (Phi) is 5.67. The zero-order valence-electron chi connectivity index (χ0n) is 12.6. The summed E-state index contributed by atoms with van der Waals surface area (Å²) in [6, 6.07) is 8.71. The van der Waals surface area contributed by atoms with Crippen molar-refractivity contribution in [3.05, 3.63) is 44.6 Å². The Hall–Kier alpha value is -1.04. The molecule has 114 valence electrons. The van der Waals surface area contributed by atoms with E-state index in [1.165, 1.54) is 10.4 Å². The second kappa shape index (κ2) is 7.29. The van der Waals surface area contributed by atoms with Crippen molar-refractivity contribution in [2.24, 2.45) is 0 Å². The van der Waals surface area contributed by atoms with Gasteiger partial charge in [-0.1, -0.05) is 6.07 Å². The number of rotatable bonds is 6. The van der Waals surface area contributed by atoms with Gasteiger partial charge in [0.1, 0.15) is 0 Å². The van der Waals surface area contributed by atoms with E-state index in [-0.39, 0.29) is 6.04 Å². The molecule has 0 radical (unpaired) electrons. The standard InChI is InChI=1S/C16H20BrNO2S/c1-10(18-11(2)16-8-13(17)9-21-16)12-5-6-14(19-3)15(7-12)20-4/h5-11,18H,1-4H3. The Bertz CT molecular complexity index is 600. The van der Waals surface area contributed by atoms with Crippen LogP contribution in [0.2, 0.25) is 0 Å². The molecule has 0 aliphatic heterocycles. The summed E-state index contributed by atoms with van der Waals surface area (Å²) in [5.74, 6) is 1.51. The molecule has 2 unspecified atom stereocenters. The molecule has 3 nitrogen and oxygen atoms in total. The van der Waals surface area contributed by atoms with Crippen LogP contribution >= 0.6 is 27.3 Å². The SMILES string of the molecule is COc1ccc(C(C)NC(C)c2cc(Br)cs2)cc1OC. The molecule has 2 atom stereocenters. The minimum Gasteiger partial charge on any atom is -0.493 e. The summed E-state index contributed by atoms with van der Waals surface area (Å²) in [5, 5.41) is 5.71. The zero-order chi connectivity index (χ0) is 15.4. The number of hydrogen-bond donors (Lipinski definition) is 1. The predicted molar refractivity (Wildman–Crippen MR) is 91.5 cm³/mol. The summed E-state index contributed by atoms with van der Waals surface area (Å²) in [6.07, 6.45) is 0. The number of benzene rings is 1. The molecule has 0 aliphatic rings. The molecular formula is C16H20BrNO2S. The molecule has 0 saturated carbocycles. The highest BCUT2D eigenvalue weighted by Crippen LogP contribution is 2.31. The van der Waals surface area contributed by atoms with Gasteiger partial charge in [-0.05, 0) is 53.5 Å². The quantitative estimate of drug-likeness (QED) is 0.781. The van der Waals surface area contributed by atoms with E-state index in [1.807, 2.05) is 12.1 Å². The topological polar surface area (TPSA) is 30.5 Å². The summed E-state index contributed by atoms with van der Waals surface area (Å²) in [6.45, 7) is 4.33. The van der Waals surface area contributed by atoms with E-state index >= 15 is 0 Å². The van der Waals surface area contributed by atoms with Crippen molar-refractivity contribution < 1.29 is 9.47 Å². The van der Waals surface area contributed by atoms with Crippen molar-refractivity contribution in [1.82, 2.24) is 5.32 Å². The molecule has 0 amide bonds. The first-order valence-electron chi connectivity index (χ1n) is 6.77. The molecule has 0 spiro atoms. The van der Waals surface area contributed by atoms with Crippen LogP contribution in [0.5, 0.6) is 11.5 Å². The van der Waals surface area contributed by atoms with Crippen molar-refractivity contribution >= 4 is 27.3 Å². The largest absolute Gasteiger partial charge is 0.493 e. The van der Waals surface area contributed by atoms with E-state index in [1.54, 1.807) is 25.6 Å². The third kappa shape index (κ3) is 3.99. The van der Waals surface area contributed by atoms with Gasteiger partial charge >= 0.3 is 0 Å². The van der Waals surface area contributed by atoms with Gasteiger partial charge in [0.25, 0.3) is 0 Å². The van der Waals surface area contributed by atoms with Crippen LogP contribution < -0.4 is 14.8 Å². The average Bonchev–Trinajstić information content (AvgIpc) is 2.93. The highest BCUT2D eigenvalue weighted by atomic mass is 79.9. The maximum Gasteiger partial charge on any atom is 0.161 e. The molecule has 2 rings (SSSR count). The first-order chi connectivity index (χ1) is 10.0. The van der Waals surface area contributed by atoms with Crippen LogP contribution in [-0.4, -0.2) is 14.2 Å². The van der Waals surface area contributed by atoms with Crippen LogP contribution in [-0.2, 0) is 0 Å². The van der Waals surface area contributed by atoms with E-state index in [0.29, 0.717) is 6.04 Å². The molecule has 0 bridgehead atoms. The number of nitrogens with one attached hydrogen (secondary N) is 1. The second-order valence-corrected chi connectivity index (χ2v) is 6.75. The monoisotopic (exact) mass is 369 g/mol. The van der Waals surface area contributed by atoms with E-state index in [2.05, 4.69) is 52.6 Å². The highest BCUT2D eigenvalue weighted by molar-refractivity contribution is 9.10. The van der Waals surface area contributed by atoms with E-state index in [4.69, 9.17) is 9.47 Å². The number of hydrogen-bond acceptors (Lipinski definition) is 4. The summed E-state index contributed by atoms with van der Waals surface area (Å²) >= 11 is 5.25. The lowest BCUT2D eigenvalue weighted by Gasteiger charge is -2.20. The summed E-state index contributed by atoms with van der Waals surface area (Å²) in [4.78, 5) is 1.31. The minimum atomic E-state index is 0.223. The Labute approximate surface area is 138 Å². The number of methoxy groups -OCH3 is 2. The van der Waals surface area contributed by atoms with Gasteiger partial charge in [-0.25, -0.2) is 0 Å². The number of ether oxygens (including phenoxy) is 2. The van der Waals surface area contributed by atoms with Crippen LogP contribution in [0.4, 0.5) is 0 Å². The lowest BCUT2D eigenvalue weighted by Crippen LogP contribution is -2.21. The van der Waals surface area contributed by atoms with Gasteiger partial charge in [0, 0.05) is 26.8 Å². The Morgan fingerprint density at radius 3 is 2.33 bits per heavy atom. The van der Waals surface area contributed by atoms with Crippen LogP contribution in [0, 0.1) is 0 Å². The van der Waals surface area contributed by atoms with Gasteiger partial charge in [-0.15, -0.1) is 11.3 Å². The normalized spacial score (nSPS) is 13.8. The Balaban J connectivity index is 2.11.